The summed E-state index contributed by atoms with van der Waals surface area (Å²) in [4.78, 5) is 24.5. The van der Waals surface area contributed by atoms with Crippen LogP contribution in [0.2, 0.25) is 0 Å². The molecule has 0 fully saturated rings. The third-order valence-corrected chi connectivity index (χ3v) is 14.1. The molecule has 0 rings (SSSR count). The number of allylic oxidation sites excluding steroid dienone is 8. The summed E-state index contributed by atoms with van der Waals surface area (Å²) >= 11 is 0. The number of hydrogen-bond acceptors (Lipinski definition) is 5. The fraction of sp³-hybridized carbons (Fsp3) is 0.846. The molecule has 0 radical (unpaired) electrons. The Labute approximate surface area is 437 Å². The van der Waals surface area contributed by atoms with Crippen LogP contribution in [0.1, 0.15) is 335 Å². The van der Waals surface area contributed by atoms with Crippen molar-refractivity contribution in [1.82, 2.24) is 0 Å². The highest BCUT2D eigenvalue weighted by atomic mass is 16.6. The van der Waals surface area contributed by atoms with Gasteiger partial charge >= 0.3 is 11.9 Å². The maximum atomic E-state index is 12.2. The lowest BCUT2D eigenvalue weighted by Crippen LogP contribution is -2.28. The molecule has 1 atom stereocenters. The van der Waals surface area contributed by atoms with Gasteiger partial charge in [0.2, 0.25) is 0 Å². The quantitative estimate of drug-likeness (QED) is 0.0373. The third-order valence-electron chi connectivity index (χ3n) is 14.1. The van der Waals surface area contributed by atoms with Crippen molar-refractivity contribution in [3.05, 3.63) is 48.6 Å². The summed E-state index contributed by atoms with van der Waals surface area (Å²) < 4.78 is 10.7. The Morgan fingerprint density at radius 3 is 0.943 bits per heavy atom. The highest BCUT2D eigenvalue weighted by molar-refractivity contribution is 5.70. The van der Waals surface area contributed by atoms with Crippen LogP contribution in [0.25, 0.3) is 0 Å². The lowest BCUT2D eigenvalue weighted by Gasteiger charge is -2.15. The molecule has 0 aliphatic carbocycles. The first kappa shape index (κ1) is 67.9. The minimum Gasteiger partial charge on any atom is -0.462 e. The van der Waals surface area contributed by atoms with Crippen molar-refractivity contribution in [2.24, 2.45) is 0 Å². The van der Waals surface area contributed by atoms with E-state index in [2.05, 4.69) is 62.5 Å². The molecule has 0 spiro atoms. The number of esters is 2. The smallest absolute Gasteiger partial charge is 0.306 e. The molecule has 5 heteroatoms. The van der Waals surface area contributed by atoms with Gasteiger partial charge in [-0.25, -0.2) is 0 Å². The average Bonchev–Trinajstić information content (AvgIpc) is 3.36. The van der Waals surface area contributed by atoms with Crippen molar-refractivity contribution in [2.45, 2.75) is 341 Å². The molecular formula is C65H120O5. The van der Waals surface area contributed by atoms with Gasteiger partial charge in [0, 0.05) is 12.8 Å². The molecule has 410 valence electrons. The van der Waals surface area contributed by atoms with Crippen molar-refractivity contribution < 1.29 is 24.2 Å². The highest BCUT2D eigenvalue weighted by Gasteiger charge is 2.16. The van der Waals surface area contributed by atoms with Crippen LogP contribution in [0.3, 0.4) is 0 Å². The molecular weight excluding hydrogens is 861 g/mol. The van der Waals surface area contributed by atoms with Gasteiger partial charge in [-0.2, -0.15) is 0 Å². The second-order valence-electron chi connectivity index (χ2n) is 21.1. The lowest BCUT2D eigenvalue weighted by molar-refractivity contribution is -0.161. The van der Waals surface area contributed by atoms with Gasteiger partial charge in [0.05, 0.1) is 6.61 Å². The van der Waals surface area contributed by atoms with Crippen LogP contribution >= 0.6 is 0 Å². The Balaban J connectivity index is 3.35. The van der Waals surface area contributed by atoms with Gasteiger partial charge in [-0.1, -0.05) is 300 Å². The average molecular weight is 982 g/mol. The molecule has 0 aromatic rings. The van der Waals surface area contributed by atoms with Crippen LogP contribution in [0.15, 0.2) is 48.6 Å². The molecule has 0 aromatic heterocycles. The maximum Gasteiger partial charge on any atom is 0.306 e. The van der Waals surface area contributed by atoms with Crippen LogP contribution in [0.4, 0.5) is 0 Å². The van der Waals surface area contributed by atoms with Crippen molar-refractivity contribution in [3.8, 4) is 0 Å². The van der Waals surface area contributed by atoms with Crippen molar-refractivity contribution in [2.75, 3.05) is 13.2 Å². The Bertz CT molecular complexity index is 1150. The third kappa shape index (κ3) is 58.4. The van der Waals surface area contributed by atoms with Gasteiger partial charge in [0.25, 0.3) is 0 Å². The van der Waals surface area contributed by atoms with Crippen molar-refractivity contribution >= 4 is 11.9 Å². The van der Waals surface area contributed by atoms with E-state index in [1.165, 1.54) is 238 Å². The number of carbonyl (C=O) groups is 2. The van der Waals surface area contributed by atoms with E-state index in [0.29, 0.717) is 12.8 Å². The molecule has 0 bridgehead atoms. The summed E-state index contributed by atoms with van der Waals surface area (Å²) in [6, 6.07) is 0. The SMILES string of the molecule is CC/C=C\C/C=C\C/C=C\CCCCCCCC(=O)OC(CO)COC(=O)CCCCCCCCCCCCCCCCCCCCCCCCCCCCCCC/C=C\CCCCCCCCCC. The Morgan fingerprint density at radius 2 is 0.614 bits per heavy atom. The van der Waals surface area contributed by atoms with Crippen LogP contribution in [-0.2, 0) is 19.1 Å². The summed E-state index contributed by atoms with van der Waals surface area (Å²) in [5.41, 5.74) is 0. The summed E-state index contributed by atoms with van der Waals surface area (Å²) in [5, 5.41) is 9.63. The number of carbonyl (C=O) groups excluding carboxylic acids is 2. The number of ether oxygens (including phenoxy) is 2. The maximum absolute atomic E-state index is 12.2. The topological polar surface area (TPSA) is 72.8 Å². The van der Waals surface area contributed by atoms with E-state index in [4.69, 9.17) is 9.47 Å². The summed E-state index contributed by atoms with van der Waals surface area (Å²) in [5.74, 6) is -0.598. The summed E-state index contributed by atoms with van der Waals surface area (Å²) in [7, 11) is 0. The minimum atomic E-state index is -0.780. The molecule has 0 aromatic carbocycles. The molecule has 5 nitrogen and oxygen atoms in total. The van der Waals surface area contributed by atoms with Crippen molar-refractivity contribution in [3.63, 3.8) is 0 Å². The zero-order valence-corrected chi connectivity index (χ0v) is 47.0. The fourth-order valence-corrected chi connectivity index (χ4v) is 9.45. The first-order valence-electron chi connectivity index (χ1n) is 31.2. The second-order valence-corrected chi connectivity index (χ2v) is 21.1. The summed E-state index contributed by atoms with van der Waals surface area (Å²) in [6.45, 7) is 4.05. The van der Waals surface area contributed by atoms with E-state index < -0.39 is 6.10 Å². The predicted octanol–water partition coefficient (Wildman–Crippen LogP) is 21.2. The number of unbranched alkanes of at least 4 members (excludes halogenated alkanes) is 42. The minimum absolute atomic E-state index is 0.0702. The molecule has 0 saturated carbocycles. The zero-order valence-electron chi connectivity index (χ0n) is 47.0. The molecule has 0 aliphatic rings. The van der Waals surface area contributed by atoms with Crippen LogP contribution in [0.5, 0.6) is 0 Å². The van der Waals surface area contributed by atoms with E-state index in [1.807, 2.05) is 0 Å². The van der Waals surface area contributed by atoms with Gasteiger partial charge in [-0.3, -0.25) is 9.59 Å². The molecule has 0 amide bonds. The van der Waals surface area contributed by atoms with E-state index in [-0.39, 0.29) is 25.2 Å². The first-order chi connectivity index (χ1) is 34.6. The van der Waals surface area contributed by atoms with Crippen LogP contribution < -0.4 is 0 Å². The van der Waals surface area contributed by atoms with Gasteiger partial charge in [0.15, 0.2) is 6.10 Å². The standard InChI is InChI=1S/C65H120O5/c1-3-5-7-9-11-13-15-17-19-20-21-22-23-24-25-26-27-28-29-30-31-32-33-34-35-36-37-38-39-40-41-42-43-44-46-47-49-51-53-55-57-59-64(67)69-62-63(61-66)70-65(68)60-58-56-54-52-50-48-45-18-16-14-12-10-8-6-4-2/h6,8,12,14,18,20-21,45,63,66H,3-5,7,9-11,13,15-17,19,22-44,46-62H2,1-2H3/b8-6-,14-12-,21-20-,45-18-. The Hall–Kier alpha value is -2.14. The molecule has 0 heterocycles. The largest absolute Gasteiger partial charge is 0.462 e. The van der Waals surface area contributed by atoms with Crippen LogP contribution in [-0.4, -0.2) is 36.4 Å². The van der Waals surface area contributed by atoms with Crippen molar-refractivity contribution in [1.29, 1.82) is 0 Å². The van der Waals surface area contributed by atoms with Gasteiger partial charge in [-0.15, -0.1) is 0 Å². The van der Waals surface area contributed by atoms with Gasteiger partial charge in [0.1, 0.15) is 6.61 Å². The molecule has 0 aliphatic heterocycles. The second kappa shape index (κ2) is 61.2. The van der Waals surface area contributed by atoms with E-state index in [9.17, 15) is 14.7 Å². The van der Waals surface area contributed by atoms with Gasteiger partial charge in [-0.05, 0) is 70.6 Å². The number of rotatable bonds is 58. The zero-order chi connectivity index (χ0) is 50.6. The monoisotopic (exact) mass is 981 g/mol. The predicted molar refractivity (Wildman–Crippen MR) is 307 cm³/mol. The van der Waals surface area contributed by atoms with E-state index >= 15 is 0 Å². The molecule has 0 saturated heterocycles. The van der Waals surface area contributed by atoms with Gasteiger partial charge < -0.3 is 14.6 Å². The molecule has 70 heavy (non-hydrogen) atoms. The summed E-state index contributed by atoms with van der Waals surface area (Å²) in [6.07, 6.45) is 81.4. The van der Waals surface area contributed by atoms with E-state index in [1.54, 1.807) is 0 Å². The Kier molecular flexibility index (Phi) is 59.3. The fourth-order valence-electron chi connectivity index (χ4n) is 9.45. The molecule has 1 N–H and O–H groups in total. The highest BCUT2D eigenvalue weighted by Crippen LogP contribution is 2.18. The van der Waals surface area contributed by atoms with Crippen LogP contribution in [0, 0.1) is 0 Å². The number of aliphatic hydroxyl groups excluding tert-OH is 1. The number of aliphatic hydroxyl groups is 1. The van der Waals surface area contributed by atoms with E-state index in [0.717, 1.165) is 70.6 Å². The Morgan fingerprint density at radius 1 is 0.343 bits per heavy atom. The normalized spacial score (nSPS) is 12.4. The molecule has 1 unspecified atom stereocenters. The first-order valence-corrected chi connectivity index (χ1v) is 31.2. The number of hydrogen-bond donors (Lipinski definition) is 1. The lowest BCUT2D eigenvalue weighted by atomic mass is 10.0.